The van der Waals surface area contributed by atoms with Crippen LogP contribution in [0.4, 0.5) is 13.2 Å². The molecule has 1 aromatic carbocycles. The number of amides is 1. The third-order valence-corrected chi connectivity index (χ3v) is 3.70. The molecule has 1 fully saturated rings. The number of hydrogen-bond acceptors (Lipinski definition) is 3. The zero-order valence-electron chi connectivity index (χ0n) is 12.5. The number of rotatable bonds is 4. The second-order valence-corrected chi connectivity index (χ2v) is 5.41. The first-order valence-corrected chi connectivity index (χ1v) is 7.16. The first kappa shape index (κ1) is 18.3. The third kappa shape index (κ3) is 3.88. The van der Waals surface area contributed by atoms with E-state index >= 15 is 0 Å². The second-order valence-electron chi connectivity index (χ2n) is 5.41. The second kappa shape index (κ2) is 7.23. The molecule has 1 aromatic heterocycles. The molecule has 3 rings (SSSR count). The normalized spacial score (nSPS) is 14.6. The summed E-state index contributed by atoms with van der Waals surface area (Å²) in [5.74, 6) is 0.101. The van der Waals surface area contributed by atoms with Gasteiger partial charge >= 0.3 is 6.18 Å². The Morgan fingerprint density at radius 2 is 2.08 bits per heavy atom. The molecule has 0 radical (unpaired) electrons. The van der Waals surface area contributed by atoms with Gasteiger partial charge in [-0.3, -0.25) is 4.79 Å². The molecule has 24 heavy (non-hydrogen) atoms. The van der Waals surface area contributed by atoms with Gasteiger partial charge in [0, 0.05) is 31.1 Å². The standard InChI is InChI=1S/C15H15F3N4O.ClH/c16-15(17,18)13-4-5-21-22(13)12-3-1-2-11(6-12)14(23)20-9-10-7-19-8-10;/h1-6,10,19H,7-9H2,(H,20,23);1H. The Morgan fingerprint density at radius 1 is 1.33 bits per heavy atom. The van der Waals surface area contributed by atoms with E-state index in [0.29, 0.717) is 18.0 Å². The molecule has 0 saturated carbocycles. The summed E-state index contributed by atoms with van der Waals surface area (Å²) in [6, 6.07) is 6.88. The Morgan fingerprint density at radius 3 is 2.71 bits per heavy atom. The largest absolute Gasteiger partial charge is 0.433 e. The minimum Gasteiger partial charge on any atom is -0.352 e. The van der Waals surface area contributed by atoms with Gasteiger partial charge in [0.25, 0.3) is 5.91 Å². The average Bonchev–Trinajstić information content (AvgIpc) is 2.95. The highest BCUT2D eigenvalue weighted by Gasteiger charge is 2.35. The van der Waals surface area contributed by atoms with Crippen LogP contribution in [0.5, 0.6) is 0 Å². The first-order valence-electron chi connectivity index (χ1n) is 7.16. The summed E-state index contributed by atoms with van der Waals surface area (Å²) in [6.07, 6.45) is -3.43. The van der Waals surface area contributed by atoms with E-state index in [9.17, 15) is 18.0 Å². The molecule has 2 aromatic rings. The van der Waals surface area contributed by atoms with Crippen LogP contribution < -0.4 is 10.6 Å². The maximum Gasteiger partial charge on any atom is 0.433 e. The van der Waals surface area contributed by atoms with Crippen LogP contribution in [0.15, 0.2) is 36.5 Å². The van der Waals surface area contributed by atoms with Crippen LogP contribution in [0, 0.1) is 5.92 Å². The molecule has 2 N–H and O–H groups in total. The van der Waals surface area contributed by atoms with Gasteiger partial charge in [0.05, 0.1) is 11.9 Å². The van der Waals surface area contributed by atoms with Crippen molar-refractivity contribution < 1.29 is 18.0 Å². The molecule has 1 aliphatic heterocycles. The van der Waals surface area contributed by atoms with E-state index in [1.54, 1.807) is 6.07 Å². The van der Waals surface area contributed by atoms with Gasteiger partial charge in [0.15, 0.2) is 0 Å². The number of carbonyl (C=O) groups is 1. The van der Waals surface area contributed by atoms with Crippen molar-refractivity contribution in [3.63, 3.8) is 0 Å². The number of nitrogens with zero attached hydrogens (tertiary/aromatic N) is 2. The van der Waals surface area contributed by atoms with Crippen molar-refractivity contribution in [2.45, 2.75) is 6.18 Å². The maximum absolute atomic E-state index is 12.9. The smallest absolute Gasteiger partial charge is 0.352 e. The fourth-order valence-corrected chi connectivity index (χ4v) is 2.33. The maximum atomic E-state index is 12.9. The highest BCUT2D eigenvalue weighted by molar-refractivity contribution is 5.94. The van der Waals surface area contributed by atoms with Gasteiger partial charge in [-0.1, -0.05) is 6.07 Å². The Kier molecular flexibility index (Phi) is 5.51. The number of nitrogens with one attached hydrogen (secondary N) is 2. The minimum atomic E-state index is -4.51. The van der Waals surface area contributed by atoms with Gasteiger partial charge in [0.2, 0.25) is 0 Å². The number of halogens is 4. The Bertz CT molecular complexity index is 713. The third-order valence-electron chi connectivity index (χ3n) is 3.70. The Hall–Kier alpha value is -2.06. The molecule has 0 unspecified atom stereocenters. The van der Waals surface area contributed by atoms with Crippen LogP contribution in [0.25, 0.3) is 5.69 Å². The van der Waals surface area contributed by atoms with Crippen LogP contribution in [0.3, 0.4) is 0 Å². The van der Waals surface area contributed by atoms with Gasteiger partial charge < -0.3 is 10.6 Å². The lowest BCUT2D eigenvalue weighted by molar-refractivity contribution is -0.142. The molecular weight excluding hydrogens is 345 g/mol. The number of hydrogen-bond donors (Lipinski definition) is 2. The summed E-state index contributed by atoms with van der Waals surface area (Å²) in [5, 5.41) is 9.60. The van der Waals surface area contributed by atoms with E-state index in [4.69, 9.17) is 0 Å². The number of aromatic nitrogens is 2. The van der Waals surface area contributed by atoms with Gasteiger partial charge in [-0.15, -0.1) is 12.4 Å². The molecule has 0 atom stereocenters. The summed E-state index contributed by atoms with van der Waals surface area (Å²) < 4.78 is 39.6. The molecule has 0 bridgehead atoms. The summed E-state index contributed by atoms with van der Waals surface area (Å²) in [7, 11) is 0. The molecule has 1 saturated heterocycles. The van der Waals surface area contributed by atoms with Crippen LogP contribution in [-0.4, -0.2) is 35.3 Å². The van der Waals surface area contributed by atoms with Gasteiger partial charge in [-0.2, -0.15) is 18.3 Å². The van der Waals surface area contributed by atoms with E-state index in [1.807, 2.05) is 0 Å². The van der Waals surface area contributed by atoms with E-state index in [0.717, 1.165) is 30.0 Å². The molecule has 0 aliphatic carbocycles. The minimum absolute atomic E-state index is 0. The highest BCUT2D eigenvalue weighted by Crippen LogP contribution is 2.30. The first-order chi connectivity index (χ1) is 10.9. The van der Waals surface area contributed by atoms with Crippen LogP contribution in [-0.2, 0) is 6.18 Å². The number of carbonyl (C=O) groups excluding carboxylic acids is 1. The fourth-order valence-electron chi connectivity index (χ4n) is 2.33. The van der Waals surface area contributed by atoms with E-state index in [2.05, 4.69) is 15.7 Å². The van der Waals surface area contributed by atoms with E-state index in [-0.39, 0.29) is 24.0 Å². The van der Waals surface area contributed by atoms with E-state index in [1.165, 1.54) is 18.2 Å². The zero-order valence-corrected chi connectivity index (χ0v) is 13.3. The number of benzene rings is 1. The lowest BCUT2D eigenvalue weighted by Gasteiger charge is -2.27. The fraction of sp³-hybridized carbons (Fsp3) is 0.333. The van der Waals surface area contributed by atoms with Crippen LogP contribution in [0.2, 0.25) is 0 Å². The van der Waals surface area contributed by atoms with E-state index < -0.39 is 11.9 Å². The van der Waals surface area contributed by atoms with Crippen molar-refractivity contribution >= 4 is 18.3 Å². The lowest BCUT2D eigenvalue weighted by atomic mass is 10.0. The summed E-state index contributed by atoms with van der Waals surface area (Å²) in [6.45, 7) is 2.27. The summed E-state index contributed by atoms with van der Waals surface area (Å²) in [4.78, 5) is 12.1. The Balaban J connectivity index is 0.00000208. The molecule has 1 aliphatic rings. The van der Waals surface area contributed by atoms with Gasteiger partial charge in [0.1, 0.15) is 5.69 Å². The quantitative estimate of drug-likeness (QED) is 0.879. The summed E-state index contributed by atoms with van der Waals surface area (Å²) in [5.41, 5.74) is -0.380. The molecule has 0 spiro atoms. The van der Waals surface area contributed by atoms with Gasteiger partial charge in [-0.05, 0) is 24.3 Å². The zero-order chi connectivity index (χ0) is 16.4. The van der Waals surface area contributed by atoms with Crippen molar-refractivity contribution in [1.29, 1.82) is 0 Å². The van der Waals surface area contributed by atoms with Crippen molar-refractivity contribution in [2.75, 3.05) is 19.6 Å². The molecule has 130 valence electrons. The predicted octanol–water partition coefficient (Wildman–Crippen LogP) is 2.26. The van der Waals surface area contributed by atoms with Crippen molar-refractivity contribution in [3.8, 4) is 5.69 Å². The molecule has 1 amide bonds. The average molecular weight is 361 g/mol. The molecule has 5 nitrogen and oxygen atoms in total. The molecule has 9 heteroatoms. The summed E-state index contributed by atoms with van der Waals surface area (Å²) >= 11 is 0. The predicted molar refractivity (Wildman–Crippen MR) is 84.5 cm³/mol. The highest BCUT2D eigenvalue weighted by atomic mass is 35.5. The van der Waals surface area contributed by atoms with Crippen molar-refractivity contribution in [1.82, 2.24) is 20.4 Å². The SMILES string of the molecule is Cl.O=C(NCC1CNC1)c1cccc(-n2nccc2C(F)(F)F)c1. The lowest BCUT2D eigenvalue weighted by Crippen LogP contribution is -2.48. The van der Waals surface area contributed by atoms with Crippen molar-refractivity contribution in [2.24, 2.45) is 5.92 Å². The molecule has 2 heterocycles. The van der Waals surface area contributed by atoms with Crippen LogP contribution >= 0.6 is 12.4 Å². The Labute approximate surface area is 142 Å². The van der Waals surface area contributed by atoms with Crippen LogP contribution in [0.1, 0.15) is 16.1 Å². The van der Waals surface area contributed by atoms with Crippen molar-refractivity contribution in [3.05, 3.63) is 47.8 Å². The topological polar surface area (TPSA) is 59.0 Å². The molecular formula is C15H16ClF3N4O. The number of alkyl halides is 3. The van der Waals surface area contributed by atoms with Gasteiger partial charge in [-0.25, -0.2) is 4.68 Å². The monoisotopic (exact) mass is 360 g/mol.